The molecule has 2 aromatic rings. The summed E-state index contributed by atoms with van der Waals surface area (Å²) in [5.41, 5.74) is 2.89. The normalized spacial score (nSPS) is 21.0. The zero-order valence-electron chi connectivity index (χ0n) is 15.7. The minimum atomic E-state index is 0.437. The molecular weight excluding hydrogens is 360 g/mol. The summed E-state index contributed by atoms with van der Waals surface area (Å²) >= 11 is 3.74. The third kappa shape index (κ3) is 3.63. The lowest BCUT2D eigenvalue weighted by molar-refractivity contribution is 0.109. The molecule has 0 spiro atoms. The van der Waals surface area contributed by atoms with E-state index in [2.05, 4.69) is 59.5 Å². The van der Waals surface area contributed by atoms with Crippen LogP contribution in [-0.4, -0.2) is 56.4 Å². The van der Waals surface area contributed by atoms with Crippen molar-refractivity contribution in [3.8, 4) is 5.75 Å². The Morgan fingerprint density at radius 1 is 1.04 bits per heavy atom. The number of nitrogens with zero attached hydrogens (tertiary/aromatic N) is 2. The summed E-state index contributed by atoms with van der Waals surface area (Å²) in [5, 5.41) is 0. The number of thioether (sulfide) groups is 1. The number of fused-ring (bicyclic) bond motifs is 2. The number of hydrogen-bond acceptors (Lipinski definition) is 5. The van der Waals surface area contributed by atoms with Gasteiger partial charge >= 0.3 is 0 Å². The fourth-order valence-corrected chi connectivity index (χ4v) is 5.39. The second-order valence-corrected chi connectivity index (χ2v) is 9.00. The van der Waals surface area contributed by atoms with Crippen molar-refractivity contribution in [3.05, 3.63) is 47.5 Å². The fraction of sp³-hybridized carbons (Fsp3) is 0.429. The lowest BCUT2D eigenvalue weighted by atomic mass is 9.96. The highest BCUT2D eigenvalue weighted by molar-refractivity contribution is 7.99. The van der Waals surface area contributed by atoms with E-state index in [1.807, 2.05) is 23.5 Å². The quantitative estimate of drug-likeness (QED) is 0.724. The van der Waals surface area contributed by atoms with Gasteiger partial charge in [0, 0.05) is 46.9 Å². The minimum absolute atomic E-state index is 0.437. The van der Waals surface area contributed by atoms with Crippen LogP contribution < -0.4 is 4.74 Å². The summed E-state index contributed by atoms with van der Waals surface area (Å²) in [6, 6.07) is 14.0. The van der Waals surface area contributed by atoms with Crippen LogP contribution in [-0.2, 0) is 6.42 Å². The summed E-state index contributed by atoms with van der Waals surface area (Å²) in [6.45, 7) is 4.56. The van der Waals surface area contributed by atoms with E-state index in [0.29, 0.717) is 6.04 Å². The standard InChI is InChI=1S/C21H26N2OS2/c1-22-8-10-23(11-9-22)19-13-15-12-16(24-2)4-6-20(15)26-21-7-5-17(25-3)14-18(19)21/h4-7,12,14,19H,8-11,13H2,1-3H3. The van der Waals surface area contributed by atoms with Crippen LogP contribution in [0.4, 0.5) is 0 Å². The van der Waals surface area contributed by atoms with Crippen LogP contribution in [0.15, 0.2) is 51.1 Å². The number of piperazine rings is 1. The molecule has 1 fully saturated rings. The van der Waals surface area contributed by atoms with Crippen LogP contribution in [0.25, 0.3) is 0 Å². The van der Waals surface area contributed by atoms with Gasteiger partial charge in [0.25, 0.3) is 0 Å². The molecule has 0 amide bonds. The smallest absolute Gasteiger partial charge is 0.119 e. The van der Waals surface area contributed by atoms with Gasteiger partial charge in [-0.25, -0.2) is 0 Å². The van der Waals surface area contributed by atoms with Crippen molar-refractivity contribution in [2.24, 2.45) is 0 Å². The van der Waals surface area contributed by atoms with Gasteiger partial charge in [-0.1, -0.05) is 11.8 Å². The van der Waals surface area contributed by atoms with Crippen molar-refractivity contribution in [1.29, 1.82) is 0 Å². The summed E-state index contributed by atoms with van der Waals surface area (Å²) < 4.78 is 5.50. The van der Waals surface area contributed by atoms with Crippen LogP contribution in [0.5, 0.6) is 5.75 Å². The molecule has 138 valence electrons. The number of hydrogen-bond donors (Lipinski definition) is 0. The monoisotopic (exact) mass is 386 g/mol. The number of benzene rings is 2. The van der Waals surface area contributed by atoms with Gasteiger partial charge in [-0.15, -0.1) is 11.8 Å². The molecule has 4 rings (SSSR count). The van der Waals surface area contributed by atoms with E-state index in [9.17, 15) is 0 Å². The molecule has 1 unspecified atom stereocenters. The Morgan fingerprint density at radius 2 is 1.81 bits per heavy atom. The van der Waals surface area contributed by atoms with E-state index >= 15 is 0 Å². The van der Waals surface area contributed by atoms with E-state index in [-0.39, 0.29) is 0 Å². The summed E-state index contributed by atoms with van der Waals surface area (Å²) in [5.74, 6) is 0.956. The Balaban J connectivity index is 1.76. The third-order valence-electron chi connectivity index (χ3n) is 5.46. The zero-order chi connectivity index (χ0) is 18.1. The summed E-state index contributed by atoms with van der Waals surface area (Å²) in [6.07, 6.45) is 3.21. The van der Waals surface area contributed by atoms with Gasteiger partial charge in [-0.2, -0.15) is 0 Å². The molecule has 2 aromatic carbocycles. The Hall–Kier alpha value is -1.14. The number of ether oxygens (including phenoxy) is 1. The van der Waals surface area contributed by atoms with Gasteiger partial charge in [0.1, 0.15) is 5.75 Å². The van der Waals surface area contributed by atoms with Crippen LogP contribution in [0, 0.1) is 0 Å². The van der Waals surface area contributed by atoms with E-state index in [4.69, 9.17) is 4.74 Å². The van der Waals surface area contributed by atoms with E-state index in [1.165, 1.54) is 25.8 Å². The predicted octanol–water partition coefficient (Wildman–Crippen LogP) is 4.41. The highest BCUT2D eigenvalue weighted by atomic mass is 32.2. The molecule has 0 aromatic heterocycles. The Bertz CT molecular complexity index is 788. The Kier molecular flexibility index (Phi) is 5.50. The van der Waals surface area contributed by atoms with Crippen LogP contribution in [0.3, 0.4) is 0 Å². The van der Waals surface area contributed by atoms with Crippen molar-refractivity contribution in [2.45, 2.75) is 27.1 Å². The molecule has 26 heavy (non-hydrogen) atoms. The van der Waals surface area contributed by atoms with Crippen LogP contribution >= 0.6 is 23.5 Å². The van der Waals surface area contributed by atoms with Gasteiger partial charge in [0.15, 0.2) is 0 Å². The fourth-order valence-electron chi connectivity index (χ4n) is 3.84. The van der Waals surface area contributed by atoms with Gasteiger partial charge in [-0.3, -0.25) is 4.90 Å². The van der Waals surface area contributed by atoms with Gasteiger partial charge < -0.3 is 9.64 Å². The Labute approximate surface area is 165 Å². The second-order valence-electron chi connectivity index (χ2n) is 7.04. The molecule has 3 nitrogen and oxygen atoms in total. The van der Waals surface area contributed by atoms with E-state index < -0.39 is 0 Å². The van der Waals surface area contributed by atoms with Crippen molar-refractivity contribution in [2.75, 3.05) is 46.6 Å². The van der Waals surface area contributed by atoms with Crippen LogP contribution in [0.2, 0.25) is 0 Å². The average Bonchev–Trinajstić information content (AvgIpc) is 2.84. The average molecular weight is 387 g/mol. The summed E-state index contributed by atoms with van der Waals surface area (Å²) in [7, 11) is 3.98. The molecular formula is C21H26N2OS2. The molecule has 0 radical (unpaired) electrons. The summed E-state index contributed by atoms with van der Waals surface area (Å²) in [4.78, 5) is 9.22. The van der Waals surface area contributed by atoms with Crippen molar-refractivity contribution in [1.82, 2.24) is 9.80 Å². The van der Waals surface area contributed by atoms with Gasteiger partial charge in [0.05, 0.1) is 7.11 Å². The molecule has 2 heterocycles. The van der Waals surface area contributed by atoms with E-state index in [1.54, 1.807) is 7.11 Å². The minimum Gasteiger partial charge on any atom is -0.497 e. The molecule has 0 N–H and O–H groups in total. The topological polar surface area (TPSA) is 15.7 Å². The van der Waals surface area contributed by atoms with Crippen molar-refractivity contribution < 1.29 is 4.74 Å². The number of likely N-dealkylation sites (N-methyl/N-ethyl adjacent to an activating group) is 1. The molecule has 2 aliphatic rings. The molecule has 0 bridgehead atoms. The molecule has 0 aliphatic carbocycles. The molecule has 2 aliphatic heterocycles. The number of methoxy groups -OCH3 is 1. The molecule has 1 atom stereocenters. The molecule has 5 heteroatoms. The maximum absolute atomic E-state index is 5.50. The SMILES string of the molecule is COc1ccc2c(c1)CC(N1CCN(C)CC1)c1cc(SC)ccc1S2. The first-order valence-corrected chi connectivity index (χ1v) is 11.2. The van der Waals surface area contributed by atoms with Crippen LogP contribution in [0.1, 0.15) is 17.2 Å². The number of rotatable bonds is 3. The lowest BCUT2D eigenvalue weighted by Gasteiger charge is -2.38. The largest absolute Gasteiger partial charge is 0.497 e. The highest BCUT2D eigenvalue weighted by Gasteiger charge is 2.29. The third-order valence-corrected chi connectivity index (χ3v) is 7.39. The van der Waals surface area contributed by atoms with Crippen molar-refractivity contribution >= 4 is 23.5 Å². The lowest BCUT2D eigenvalue weighted by Crippen LogP contribution is -2.46. The van der Waals surface area contributed by atoms with Gasteiger partial charge in [-0.05, 0) is 67.2 Å². The first-order chi connectivity index (χ1) is 12.7. The highest BCUT2D eigenvalue weighted by Crippen LogP contribution is 2.44. The Morgan fingerprint density at radius 3 is 2.54 bits per heavy atom. The maximum atomic E-state index is 5.50. The first kappa shape index (κ1) is 18.2. The van der Waals surface area contributed by atoms with Gasteiger partial charge in [0.2, 0.25) is 0 Å². The van der Waals surface area contributed by atoms with Crippen molar-refractivity contribution in [3.63, 3.8) is 0 Å². The predicted molar refractivity (Wildman–Crippen MR) is 111 cm³/mol. The maximum Gasteiger partial charge on any atom is 0.119 e. The first-order valence-electron chi connectivity index (χ1n) is 9.13. The molecule has 1 saturated heterocycles. The van der Waals surface area contributed by atoms with E-state index in [0.717, 1.165) is 38.3 Å². The second kappa shape index (κ2) is 7.85. The molecule has 0 saturated carbocycles. The zero-order valence-corrected chi connectivity index (χ0v) is 17.3.